The number of halogens is 3. The van der Waals surface area contributed by atoms with Gasteiger partial charge in [0.1, 0.15) is 0 Å². The summed E-state index contributed by atoms with van der Waals surface area (Å²) in [5.74, 6) is 0. The van der Waals surface area contributed by atoms with E-state index in [0.29, 0.717) is 24.8 Å². The fourth-order valence-corrected chi connectivity index (χ4v) is 4.99. The van der Waals surface area contributed by atoms with E-state index in [1.54, 1.807) is 11.0 Å². The molecule has 0 aliphatic carbocycles. The minimum absolute atomic E-state index is 0.0923. The number of carbonyl (C=O) groups is 1. The molecule has 1 aromatic rings. The minimum Gasteiger partial charge on any atom is -0.399 e. The first kappa shape index (κ1) is 23.2. The molecule has 0 unspecified atom stereocenters. The first-order valence-electron chi connectivity index (χ1n) is 10.1. The Bertz CT molecular complexity index is 780. The molecule has 0 bridgehead atoms. The molecule has 2 saturated heterocycles. The Morgan fingerprint density at radius 3 is 2.43 bits per heavy atom. The average molecular weight is 440 g/mol. The molecule has 2 fully saturated rings. The summed E-state index contributed by atoms with van der Waals surface area (Å²) in [5, 5.41) is 2.87. The molecule has 1 aromatic carbocycles. The summed E-state index contributed by atoms with van der Waals surface area (Å²) in [7, 11) is -0.443. The number of anilines is 1. The van der Waals surface area contributed by atoms with Crippen molar-refractivity contribution in [2.75, 3.05) is 18.0 Å². The number of carbonyl (C=O) groups excluding carboxylic acids is 1. The van der Waals surface area contributed by atoms with Crippen LogP contribution >= 0.6 is 0 Å². The van der Waals surface area contributed by atoms with Crippen molar-refractivity contribution in [1.29, 1.82) is 0 Å². The number of rotatable bonds is 3. The minimum atomic E-state index is -4.14. The van der Waals surface area contributed by atoms with Crippen molar-refractivity contribution in [3.8, 4) is 0 Å². The largest absolute Gasteiger partial charge is 0.495 e. The van der Waals surface area contributed by atoms with E-state index in [2.05, 4.69) is 5.32 Å². The van der Waals surface area contributed by atoms with Crippen LogP contribution in [0.25, 0.3) is 0 Å². The zero-order chi connectivity index (χ0) is 22.3. The van der Waals surface area contributed by atoms with Gasteiger partial charge in [-0.1, -0.05) is 11.6 Å². The lowest BCUT2D eigenvalue weighted by atomic mass is 9.76. The highest BCUT2D eigenvalue weighted by Crippen LogP contribution is 2.37. The van der Waals surface area contributed by atoms with E-state index < -0.39 is 30.9 Å². The summed E-state index contributed by atoms with van der Waals surface area (Å²) in [4.78, 5) is 14.2. The third-order valence-electron chi connectivity index (χ3n) is 6.12. The van der Waals surface area contributed by atoms with Crippen molar-refractivity contribution in [3.05, 3.63) is 23.8 Å². The van der Waals surface area contributed by atoms with Crippen LogP contribution in [0.4, 0.5) is 23.7 Å². The zero-order valence-corrected chi connectivity index (χ0v) is 19.0. The molecule has 2 heterocycles. The Morgan fingerprint density at radius 2 is 1.90 bits per heavy atom. The maximum absolute atomic E-state index is 12.6. The molecule has 30 heavy (non-hydrogen) atoms. The van der Waals surface area contributed by atoms with Crippen LogP contribution in [-0.2, 0) is 9.31 Å². The SMILES string of the molecule is Cc1ccc(NC(=O)N2CC[C@@H](CC(F)(F)F)[Si]C2)cc1B1OC(C)(C)C(C)(C)O1. The monoisotopic (exact) mass is 440 g/mol. The molecule has 0 aromatic heterocycles. The quantitative estimate of drug-likeness (QED) is 0.725. The number of hydrogen-bond acceptors (Lipinski definition) is 3. The summed E-state index contributed by atoms with van der Waals surface area (Å²) in [6, 6.07) is 5.25. The van der Waals surface area contributed by atoms with E-state index in [1.807, 2.05) is 46.8 Å². The number of amides is 2. The summed E-state index contributed by atoms with van der Waals surface area (Å²) in [6.45, 7) is 10.2. The Labute approximate surface area is 178 Å². The highest BCUT2D eigenvalue weighted by molar-refractivity contribution is 6.62. The van der Waals surface area contributed by atoms with E-state index in [-0.39, 0.29) is 21.1 Å². The van der Waals surface area contributed by atoms with Gasteiger partial charge in [-0.05, 0) is 64.2 Å². The van der Waals surface area contributed by atoms with Crippen LogP contribution in [0.2, 0.25) is 5.54 Å². The Morgan fingerprint density at radius 1 is 1.27 bits per heavy atom. The van der Waals surface area contributed by atoms with Gasteiger partial charge in [0.2, 0.25) is 0 Å². The van der Waals surface area contributed by atoms with Crippen molar-refractivity contribution in [3.63, 3.8) is 0 Å². The van der Waals surface area contributed by atoms with Crippen LogP contribution in [0, 0.1) is 6.92 Å². The molecule has 2 aliphatic rings. The van der Waals surface area contributed by atoms with Crippen LogP contribution in [0.5, 0.6) is 0 Å². The van der Waals surface area contributed by atoms with E-state index in [1.165, 1.54) is 0 Å². The molecule has 2 radical (unpaired) electrons. The van der Waals surface area contributed by atoms with Crippen molar-refractivity contribution < 1.29 is 27.3 Å². The van der Waals surface area contributed by atoms with Gasteiger partial charge in [-0.2, -0.15) is 13.2 Å². The van der Waals surface area contributed by atoms with Crippen molar-refractivity contribution in [2.24, 2.45) is 0 Å². The normalized spacial score (nSPS) is 23.5. The van der Waals surface area contributed by atoms with Gasteiger partial charge >= 0.3 is 19.3 Å². The third kappa shape index (κ3) is 5.20. The number of hydrogen-bond donors (Lipinski definition) is 1. The first-order valence-corrected chi connectivity index (χ1v) is 11.4. The van der Waals surface area contributed by atoms with Crippen molar-refractivity contribution in [2.45, 2.75) is 70.4 Å². The van der Waals surface area contributed by atoms with Gasteiger partial charge < -0.3 is 19.5 Å². The van der Waals surface area contributed by atoms with Crippen LogP contribution in [-0.4, -0.2) is 57.7 Å². The first-order chi connectivity index (χ1) is 13.8. The van der Waals surface area contributed by atoms with E-state index in [0.717, 1.165) is 11.0 Å². The summed E-state index contributed by atoms with van der Waals surface area (Å²) in [5.41, 5.74) is 1.12. The lowest BCUT2D eigenvalue weighted by Crippen LogP contribution is -2.44. The second-order valence-corrected chi connectivity index (χ2v) is 10.6. The molecule has 0 saturated carbocycles. The van der Waals surface area contributed by atoms with Crippen LogP contribution < -0.4 is 10.8 Å². The highest BCUT2D eigenvalue weighted by atomic mass is 28.2. The highest BCUT2D eigenvalue weighted by Gasteiger charge is 2.52. The van der Waals surface area contributed by atoms with E-state index >= 15 is 0 Å². The van der Waals surface area contributed by atoms with Gasteiger partial charge in [0, 0.05) is 24.8 Å². The predicted octanol–water partition coefficient (Wildman–Crippen LogP) is 3.93. The summed E-state index contributed by atoms with van der Waals surface area (Å²) >= 11 is 0. The Kier molecular flexibility index (Phi) is 6.33. The predicted molar refractivity (Wildman–Crippen MR) is 112 cm³/mol. The van der Waals surface area contributed by atoms with Crippen molar-refractivity contribution in [1.82, 2.24) is 4.90 Å². The molecular weight excluding hydrogens is 412 g/mol. The van der Waals surface area contributed by atoms with E-state index in [9.17, 15) is 18.0 Å². The van der Waals surface area contributed by atoms with Gasteiger partial charge in [-0.15, -0.1) is 0 Å². The molecule has 10 heteroatoms. The Hall–Kier alpha value is -1.52. The smallest absolute Gasteiger partial charge is 0.399 e. The maximum Gasteiger partial charge on any atom is 0.495 e. The standard InChI is InChI=1S/C20H28BF3N2O3Si/c1-13-6-7-14(10-16(13)21-28-18(2,3)19(4,5)29-21)25-17(27)26-9-8-15(30-12-26)11-20(22,23)24/h6-7,10,15H,8-9,11-12H2,1-5H3,(H,25,27)/t15-/m0/s1. The lowest BCUT2D eigenvalue weighted by molar-refractivity contribution is -0.135. The van der Waals surface area contributed by atoms with Crippen LogP contribution in [0.1, 0.15) is 46.1 Å². The molecule has 1 N–H and O–H groups in total. The van der Waals surface area contributed by atoms with Gasteiger partial charge in [-0.3, -0.25) is 0 Å². The number of nitrogens with zero attached hydrogens (tertiary/aromatic N) is 1. The molecule has 164 valence electrons. The molecule has 0 spiro atoms. The molecule has 2 amide bonds. The fourth-order valence-electron chi connectivity index (χ4n) is 3.50. The molecule has 5 nitrogen and oxygen atoms in total. The van der Waals surface area contributed by atoms with Crippen LogP contribution in [0.3, 0.4) is 0 Å². The lowest BCUT2D eigenvalue weighted by Gasteiger charge is -2.32. The number of urea groups is 1. The number of benzene rings is 1. The van der Waals surface area contributed by atoms with E-state index in [4.69, 9.17) is 9.31 Å². The molecular formula is C20H28BF3N2O3Si. The second kappa shape index (κ2) is 8.20. The van der Waals surface area contributed by atoms with Crippen molar-refractivity contribution >= 4 is 33.8 Å². The molecule has 3 rings (SSSR count). The van der Waals surface area contributed by atoms with Gasteiger partial charge in [0.05, 0.1) is 20.7 Å². The molecule has 2 aliphatic heterocycles. The number of alkyl halides is 3. The average Bonchev–Trinajstić information content (AvgIpc) is 2.83. The zero-order valence-electron chi connectivity index (χ0n) is 18.0. The molecule has 1 atom stereocenters. The van der Waals surface area contributed by atoms with Gasteiger partial charge in [-0.25, -0.2) is 4.79 Å². The summed E-state index contributed by atoms with van der Waals surface area (Å²) < 4.78 is 50.0. The maximum atomic E-state index is 12.6. The summed E-state index contributed by atoms with van der Waals surface area (Å²) in [6.07, 6.45) is -4.19. The third-order valence-corrected chi connectivity index (χ3v) is 7.76. The number of nitrogens with one attached hydrogen (secondary N) is 1. The second-order valence-electron chi connectivity index (χ2n) is 9.02. The Balaban J connectivity index is 1.63. The van der Waals surface area contributed by atoms with Crippen LogP contribution in [0.15, 0.2) is 18.2 Å². The topological polar surface area (TPSA) is 50.8 Å². The fraction of sp³-hybridized carbons (Fsp3) is 0.650. The van der Waals surface area contributed by atoms with Gasteiger partial charge in [0.15, 0.2) is 0 Å². The van der Waals surface area contributed by atoms with Gasteiger partial charge in [0.25, 0.3) is 0 Å². The number of aryl methyl sites for hydroxylation is 1.